The van der Waals surface area contributed by atoms with Crippen molar-refractivity contribution in [3.8, 4) is 5.88 Å². The number of thiocarbonyl (C=S) groups is 1. The van der Waals surface area contributed by atoms with E-state index in [2.05, 4.69) is 45.5 Å². The van der Waals surface area contributed by atoms with Crippen LogP contribution in [0.25, 0.3) is 10.9 Å². The Morgan fingerprint density at radius 2 is 1.90 bits per heavy atom. The molecule has 1 aromatic heterocycles. The first-order valence-corrected chi connectivity index (χ1v) is 10.7. The van der Waals surface area contributed by atoms with E-state index in [-0.39, 0.29) is 11.0 Å². The van der Waals surface area contributed by atoms with E-state index in [0.717, 1.165) is 48.8 Å². The number of hydrogen-bond acceptors (Lipinski definition) is 4. The van der Waals surface area contributed by atoms with Gasteiger partial charge in [0.15, 0.2) is 5.69 Å². The molecule has 2 heterocycles. The van der Waals surface area contributed by atoms with Crippen LogP contribution in [0.4, 0.5) is 5.69 Å². The van der Waals surface area contributed by atoms with Gasteiger partial charge in [0.1, 0.15) is 0 Å². The Kier molecular flexibility index (Phi) is 6.11. The van der Waals surface area contributed by atoms with Crippen molar-refractivity contribution in [2.45, 2.75) is 32.9 Å². The highest BCUT2D eigenvalue weighted by molar-refractivity contribution is 7.80. The number of piperidine rings is 1. The van der Waals surface area contributed by atoms with Gasteiger partial charge in [0.05, 0.1) is 12.2 Å². The molecule has 6 nitrogen and oxygen atoms in total. The molecule has 1 saturated heterocycles. The average Bonchev–Trinajstić information content (AvgIpc) is 2.99. The largest absolute Gasteiger partial charge is 0.493 e. The Balaban J connectivity index is 1.50. The Labute approximate surface area is 182 Å². The standard InChI is InChI=1S/C23H27N5OS/c1-16-7-8-20-19(13-16)21(25-26-23(24)30)22(29)28(20)15-27-11-9-18(10-12-27)14-17-5-3-2-4-6-17/h2-8,13,18,29H,9-12,14-15H2,1H3,(H2,24,30). The van der Waals surface area contributed by atoms with Crippen molar-refractivity contribution < 1.29 is 5.11 Å². The van der Waals surface area contributed by atoms with Crippen molar-refractivity contribution in [1.82, 2.24) is 9.47 Å². The highest BCUT2D eigenvalue weighted by Crippen LogP contribution is 2.39. The van der Waals surface area contributed by atoms with Crippen molar-refractivity contribution in [1.29, 1.82) is 0 Å². The fourth-order valence-electron chi connectivity index (χ4n) is 4.26. The number of rotatable bonds is 5. The number of likely N-dealkylation sites (tertiary alicyclic amines) is 1. The summed E-state index contributed by atoms with van der Waals surface area (Å²) in [6.45, 7) is 4.64. The molecule has 3 N–H and O–H groups in total. The van der Waals surface area contributed by atoms with E-state index in [1.54, 1.807) is 0 Å². The quantitative estimate of drug-likeness (QED) is 0.454. The van der Waals surface area contributed by atoms with Gasteiger partial charge in [-0.1, -0.05) is 42.0 Å². The summed E-state index contributed by atoms with van der Waals surface area (Å²) in [5, 5.41) is 19.6. The van der Waals surface area contributed by atoms with Crippen LogP contribution in [0.1, 0.15) is 24.0 Å². The Morgan fingerprint density at radius 1 is 1.17 bits per heavy atom. The van der Waals surface area contributed by atoms with Gasteiger partial charge in [-0.05, 0) is 62.0 Å². The first-order chi connectivity index (χ1) is 14.5. The van der Waals surface area contributed by atoms with Gasteiger partial charge in [0.2, 0.25) is 11.0 Å². The number of aromatic hydroxyl groups is 1. The van der Waals surface area contributed by atoms with E-state index in [0.29, 0.717) is 18.3 Å². The van der Waals surface area contributed by atoms with Crippen LogP contribution in [0.5, 0.6) is 5.88 Å². The highest BCUT2D eigenvalue weighted by Gasteiger charge is 2.23. The summed E-state index contributed by atoms with van der Waals surface area (Å²) in [6.07, 6.45) is 3.44. The predicted octanol–water partition coefficient (Wildman–Crippen LogP) is 4.89. The molecule has 156 valence electrons. The van der Waals surface area contributed by atoms with Crippen LogP contribution in [0.15, 0.2) is 58.8 Å². The van der Waals surface area contributed by atoms with Gasteiger partial charge < -0.3 is 10.8 Å². The van der Waals surface area contributed by atoms with Crippen molar-refractivity contribution in [3.05, 3.63) is 59.7 Å². The number of aromatic nitrogens is 1. The third-order valence-electron chi connectivity index (χ3n) is 5.83. The molecule has 0 unspecified atom stereocenters. The zero-order valence-electron chi connectivity index (χ0n) is 17.2. The van der Waals surface area contributed by atoms with Crippen molar-refractivity contribution in [2.24, 2.45) is 21.9 Å². The summed E-state index contributed by atoms with van der Waals surface area (Å²) in [5.74, 6) is 0.804. The Hall–Kier alpha value is -2.77. The lowest BCUT2D eigenvalue weighted by Crippen LogP contribution is -2.35. The van der Waals surface area contributed by atoms with Gasteiger partial charge in [0, 0.05) is 18.5 Å². The minimum atomic E-state index is -0.0524. The number of azo groups is 1. The maximum absolute atomic E-state index is 10.9. The molecular weight excluding hydrogens is 394 g/mol. The Bertz CT molecular complexity index is 1070. The first-order valence-electron chi connectivity index (χ1n) is 10.3. The predicted molar refractivity (Wildman–Crippen MR) is 124 cm³/mol. The van der Waals surface area contributed by atoms with E-state index in [9.17, 15) is 5.11 Å². The van der Waals surface area contributed by atoms with E-state index >= 15 is 0 Å². The summed E-state index contributed by atoms with van der Waals surface area (Å²) in [7, 11) is 0. The fraction of sp³-hybridized carbons (Fsp3) is 0.348. The van der Waals surface area contributed by atoms with Crippen molar-refractivity contribution in [2.75, 3.05) is 13.1 Å². The van der Waals surface area contributed by atoms with E-state index in [1.165, 1.54) is 5.56 Å². The molecule has 7 heteroatoms. The minimum absolute atomic E-state index is 0.0524. The third kappa shape index (κ3) is 4.52. The van der Waals surface area contributed by atoms with Gasteiger partial charge in [-0.2, -0.15) is 0 Å². The topological polar surface area (TPSA) is 79.1 Å². The molecule has 1 fully saturated rings. The van der Waals surface area contributed by atoms with E-state index in [4.69, 9.17) is 18.0 Å². The molecule has 1 aliphatic heterocycles. The van der Waals surface area contributed by atoms with Crippen LogP contribution in [0.2, 0.25) is 0 Å². The average molecular weight is 422 g/mol. The molecule has 2 aromatic carbocycles. The van der Waals surface area contributed by atoms with Gasteiger partial charge in [0.25, 0.3) is 0 Å². The molecule has 0 amide bonds. The van der Waals surface area contributed by atoms with Crippen LogP contribution in [-0.2, 0) is 13.1 Å². The van der Waals surface area contributed by atoms with Crippen LogP contribution < -0.4 is 5.73 Å². The number of fused-ring (bicyclic) bond motifs is 1. The summed E-state index contributed by atoms with van der Waals surface area (Å²) in [6, 6.07) is 16.8. The summed E-state index contributed by atoms with van der Waals surface area (Å²) in [5.41, 5.74) is 9.31. The molecular formula is C23H27N5OS. The molecule has 1 aliphatic rings. The van der Waals surface area contributed by atoms with Crippen molar-refractivity contribution in [3.63, 3.8) is 0 Å². The van der Waals surface area contributed by atoms with Gasteiger partial charge >= 0.3 is 0 Å². The molecule has 0 saturated carbocycles. The zero-order valence-corrected chi connectivity index (χ0v) is 18.0. The SMILES string of the molecule is Cc1ccc2c(c1)c(N=NC(N)=S)c(O)n2CN1CCC(Cc2ccccc2)CC1. The minimum Gasteiger partial charge on any atom is -0.493 e. The summed E-state index contributed by atoms with van der Waals surface area (Å²) in [4.78, 5) is 2.38. The lowest BCUT2D eigenvalue weighted by molar-refractivity contribution is 0.145. The monoisotopic (exact) mass is 421 g/mol. The molecule has 4 rings (SSSR count). The van der Waals surface area contributed by atoms with E-state index < -0.39 is 0 Å². The first kappa shape index (κ1) is 20.5. The van der Waals surface area contributed by atoms with Crippen LogP contribution >= 0.6 is 12.2 Å². The number of hydrogen-bond donors (Lipinski definition) is 2. The molecule has 0 radical (unpaired) electrons. The maximum Gasteiger partial charge on any atom is 0.221 e. The molecule has 30 heavy (non-hydrogen) atoms. The maximum atomic E-state index is 10.9. The molecule has 0 aliphatic carbocycles. The number of aryl methyl sites for hydroxylation is 1. The number of nitrogens with zero attached hydrogens (tertiary/aromatic N) is 4. The Morgan fingerprint density at radius 3 is 2.60 bits per heavy atom. The van der Waals surface area contributed by atoms with Crippen LogP contribution in [0, 0.1) is 12.8 Å². The second-order valence-corrected chi connectivity index (χ2v) is 8.47. The fourth-order valence-corrected chi connectivity index (χ4v) is 4.30. The van der Waals surface area contributed by atoms with Gasteiger partial charge in [-0.15, -0.1) is 10.2 Å². The smallest absolute Gasteiger partial charge is 0.221 e. The highest BCUT2D eigenvalue weighted by atomic mass is 32.1. The third-order valence-corrected chi connectivity index (χ3v) is 5.91. The zero-order chi connectivity index (χ0) is 21.1. The van der Waals surface area contributed by atoms with Crippen LogP contribution in [0.3, 0.4) is 0 Å². The van der Waals surface area contributed by atoms with Gasteiger partial charge in [-0.3, -0.25) is 9.47 Å². The molecule has 0 spiro atoms. The summed E-state index contributed by atoms with van der Waals surface area (Å²) >= 11 is 4.80. The van der Waals surface area contributed by atoms with E-state index in [1.807, 2.05) is 29.7 Å². The lowest BCUT2D eigenvalue weighted by atomic mass is 9.90. The summed E-state index contributed by atoms with van der Waals surface area (Å²) < 4.78 is 1.90. The van der Waals surface area contributed by atoms with Crippen molar-refractivity contribution >= 4 is 33.9 Å². The molecule has 3 aromatic rings. The normalized spacial score (nSPS) is 15.9. The second-order valence-electron chi connectivity index (χ2n) is 8.05. The molecule has 0 atom stereocenters. The lowest BCUT2D eigenvalue weighted by Gasteiger charge is -2.32. The van der Waals surface area contributed by atoms with Crippen LogP contribution in [-0.4, -0.2) is 32.8 Å². The van der Waals surface area contributed by atoms with Gasteiger partial charge in [-0.25, -0.2) is 0 Å². The number of benzene rings is 2. The second kappa shape index (κ2) is 8.93. The molecule has 0 bridgehead atoms. The number of nitrogens with two attached hydrogens (primary N) is 1.